The zero-order chi connectivity index (χ0) is 24.0. The highest BCUT2D eigenvalue weighted by Crippen LogP contribution is 2.49. The molecule has 0 radical (unpaired) electrons. The molecule has 33 heavy (non-hydrogen) atoms. The normalized spacial score (nSPS) is 19.5. The zero-order valence-electron chi connectivity index (χ0n) is 20.0. The van der Waals surface area contributed by atoms with Crippen molar-refractivity contribution < 1.29 is 14.6 Å². The van der Waals surface area contributed by atoms with Crippen LogP contribution in [-0.4, -0.2) is 40.5 Å². The number of aliphatic hydroxyl groups is 1. The van der Waals surface area contributed by atoms with Crippen molar-refractivity contribution in [2.75, 3.05) is 25.1 Å². The predicted molar refractivity (Wildman–Crippen MR) is 133 cm³/mol. The molecule has 6 heteroatoms. The minimum absolute atomic E-state index is 0.0948. The Labute approximate surface area is 195 Å². The Morgan fingerprint density at radius 3 is 2.48 bits per heavy atom. The van der Waals surface area contributed by atoms with Gasteiger partial charge in [0.15, 0.2) is 5.71 Å². The first kappa shape index (κ1) is 22.9. The molecule has 0 aromatic heterocycles. The molecular weight excluding hydrogens is 414 g/mol. The lowest BCUT2D eigenvalue weighted by Gasteiger charge is -2.26. The molecule has 2 aliphatic rings. The van der Waals surface area contributed by atoms with E-state index in [1.165, 1.54) is 17.0 Å². The van der Waals surface area contributed by atoms with Crippen LogP contribution < -0.4 is 4.90 Å². The molecule has 0 aliphatic carbocycles. The van der Waals surface area contributed by atoms with Gasteiger partial charge in [0.05, 0.1) is 10.3 Å². The van der Waals surface area contributed by atoms with E-state index in [1.54, 1.807) is 12.1 Å². The molecule has 0 atom stereocenters. The van der Waals surface area contributed by atoms with Gasteiger partial charge in [0.2, 0.25) is 5.69 Å². The number of nitrogens with zero attached hydrogens (tertiary/aromatic N) is 3. The standard InChI is InChI=1S/C27H32N3O3/c1-26(2)20-10-6-7-11-22(20)28(5)24(26)12-8-13-25-27(3,4)21-18-19(30(32)33)14-15-23(21)29(25)16-9-17-31/h6-8,10-15,18,31H,9,16-17H2,1-5H3/q+1. The van der Waals surface area contributed by atoms with Gasteiger partial charge in [0, 0.05) is 59.8 Å². The van der Waals surface area contributed by atoms with E-state index in [2.05, 4.69) is 86.7 Å². The number of non-ortho nitro benzene ring substituents is 1. The second-order valence-electron chi connectivity index (χ2n) is 9.81. The number of anilines is 1. The quantitative estimate of drug-likeness (QED) is 0.375. The minimum atomic E-state index is -0.397. The molecule has 1 N–H and O–H groups in total. The van der Waals surface area contributed by atoms with Gasteiger partial charge < -0.3 is 10.0 Å². The average molecular weight is 447 g/mol. The number of nitro benzene ring substituents is 1. The summed E-state index contributed by atoms with van der Waals surface area (Å²) in [5.74, 6) is 0. The van der Waals surface area contributed by atoms with Crippen LogP contribution in [0.5, 0.6) is 0 Å². The number of benzene rings is 2. The Morgan fingerprint density at radius 2 is 1.82 bits per heavy atom. The largest absolute Gasteiger partial charge is 0.396 e. The van der Waals surface area contributed by atoms with Gasteiger partial charge in [0.25, 0.3) is 5.69 Å². The molecule has 0 spiro atoms. The van der Waals surface area contributed by atoms with Crippen molar-refractivity contribution in [3.63, 3.8) is 0 Å². The number of hydrogen-bond acceptors (Lipinski definition) is 4. The predicted octanol–water partition coefficient (Wildman–Crippen LogP) is 5.22. The summed E-state index contributed by atoms with van der Waals surface area (Å²) in [6.07, 6.45) is 6.99. The summed E-state index contributed by atoms with van der Waals surface area (Å²) in [5, 5.41) is 20.8. The van der Waals surface area contributed by atoms with E-state index in [9.17, 15) is 15.2 Å². The summed E-state index contributed by atoms with van der Waals surface area (Å²) in [5.41, 5.74) is 6.32. The molecule has 0 saturated heterocycles. The van der Waals surface area contributed by atoms with Crippen molar-refractivity contribution in [2.45, 2.75) is 44.9 Å². The first-order chi connectivity index (χ1) is 15.6. The fourth-order valence-corrected chi connectivity index (χ4v) is 5.28. The van der Waals surface area contributed by atoms with Crippen LogP contribution in [0.2, 0.25) is 0 Å². The Hall–Kier alpha value is -3.25. The maximum atomic E-state index is 11.4. The highest BCUT2D eigenvalue weighted by molar-refractivity contribution is 6.03. The van der Waals surface area contributed by atoms with Gasteiger partial charge >= 0.3 is 0 Å². The zero-order valence-corrected chi connectivity index (χ0v) is 20.0. The van der Waals surface area contributed by atoms with Crippen LogP contribution in [0.3, 0.4) is 0 Å². The SMILES string of the molecule is C[N+]1=C(C=CC=C2N(CCCO)c3ccc([N+](=O)[O-])cc3C2(C)C)C(C)(C)c2ccccc21. The smallest absolute Gasteiger partial charge is 0.269 e. The Kier molecular flexibility index (Phi) is 5.74. The molecular formula is C27H32N3O3+. The Balaban J connectivity index is 1.74. The number of aliphatic hydroxyl groups excluding tert-OH is 1. The molecule has 4 rings (SSSR count). The van der Waals surface area contributed by atoms with Gasteiger partial charge in [-0.1, -0.05) is 38.1 Å². The average Bonchev–Trinajstić information content (AvgIpc) is 3.11. The third kappa shape index (κ3) is 3.68. The number of para-hydroxylation sites is 1. The van der Waals surface area contributed by atoms with Crippen molar-refractivity contribution in [3.05, 3.63) is 87.6 Å². The first-order valence-corrected chi connectivity index (χ1v) is 11.4. The van der Waals surface area contributed by atoms with E-state index in [0.717, 1.165) is 16.9 Å². The lowest BCUT2D eigenvalue weighted by Crippen LogP contribution is -2.28. The van der Waals surface area contributed by atoms with Crippen molar-refractivity contribution in [1.29, 1.82) is 0 Å². The van der Waals surface area contributed by atoms with E-state index in [4.69, 9.17) is 0 Å². The summed E-state index contributed by atoms with van der Waals surface area (Å²) < 4.78 is 2.24. The van der Waals surface area contributed by atoms with Gasteiger partial charge in [-0.15, -0.1) is 0 Å². The van der Waals surface area contributed by atoms with Crippen LogP contribution in [-0.2, 0) is 10.8 Å². The third-order valence-electron chi connectivity index (χ3n) is 7.07. The van der Waals surface area contributed by atoms with E-state index >= 15 is 0 Å². The topological polar surface area (TPSA) is 69.6 Å². The number of allylic oxidation sites excluding steroid dienone is 4. The molecule has 2 aromatic carbocycles. The summed E-state index contributed by atoms with van der Waals surface area (Å²) >= 11 is 0. The molecule has 2 aliphatic heterocycles. The molecule has 6 nitrogen and oxygen atoms in total. The molecule has 0 unspecified atom stereocenters. The summed E-state index contributed by atoms with van der Waals surface area (Å²) in [4.78, 5) is 13.2. The highest BCUT2D eigenvalue weighted by Gasteiger charge is 2.43. The lowest BCUT2D eigenvalue weighted by molar-refractivity contribution is -0.401. The minimum Gasteiger partial charge on any atom is -0.396 e. The van der Waals surface area contributed by atoms with E-state index in [-0.39, 0.29) is 22.6 Å². The Bertz CT molecular complexity index is 1200. The number of fused-ring (bicyclic) bond motifs is 2. The maximum Gasteiger partial charge on any atom is 0.269 e. The van der Waals surface area contributed by atoms with Crippen molar-refractivity contribution in [1.82, 2.24) is 0 Å². The van der Waals surface area contributed by atoms with Crippen molar-refractivity contribution >= 4 is 22.8 Å². The van der Waals surface area contributed by atoms with Gasteiger partial charge in [0.1, 0.15) is 7.05 Å². The summed E-state index contributed by atoms with van der Waals surface area (Å²) in [6.45, 7) is 9.43. The van der Waals surface area contributed by atoms with E-state index < -0.39 is 5.41 Å². The fourth-order valence-electron chi connectivity index (χ4n) is 5.28. The molecule has 172 valence electrons. The van der Waals surface area contributed by atoms with Crippen LogP contribution in [0, 0.1) is 10.1 Å². The lowest BCUT2D eigenvalue weighted by atomic mass is 9.81. The highest BCUT2D eigenvalue weighted by atomic mass is 16.6. The summed E-state index contributed by atoms with van der Waals surface area (Å²) in [7, 11) is 2.10. The van der Waals surface area contributed by atoms with Crippen molar-refractivity contribution in [2.24, 2.45) is 0 Å². The molecule has 2 heterocycles. The van der Waals surface area contributed by atoms with Gasteiger partial charge in [-0.05, 0) is 38.0 Å². The van der Waals surface area contributed by atoms with Gasteiger partial charge in [-0.25, -0.2) is 0 Å². The molecule has 0 amide bonds. The van der Waals surface area contributed by atoms with E-state index in [1.807, 2.05) is 6.07 Å². The van der Waals surface area contributed by atoms with Crippen molar-refractivity contribution in [3.8, 4) is 0 Å². The van der Waals surface area contributed by atoms with E-state index in [0.29, 0.717) is 13.0 Å². The number of hydrogen-bond donors (Lipinski definition) is 1. The second-order valence-corrected chi connectivity index (χ2v) is 9.81. The van der Waals surface area contributed by atoms with Gasteiger partial charge in [-0.3, -0.25) is 10.1 Å². The maximum absolute atomic E-state index is 11.4. The molecule has 0 saturated carbocycles. The summed E-state index contributed by atoms with van der Waals surface area (Å²) in [6, 6.07) is 13.6. The van der Waals surface area contributed by atoms with Crippen LogP contribution in [0.4, 0.5) is 17.1 Å². The van der Waals surface area contributed by atoms with Gasteiger partial charge in [-0.2, -0.15) is 4.58 Å². The molecule has 0 fully saturated rings. The van der Waals surface area contributed by atoms with Crippen LogP contribution >= 0.6 is 0 Å². The Morgan fingerprint density at radius 1 is 1.09 bits per heavy atom. The number of rotatable bonds is 6. The monoisotopic (exact) mass is 446 g/mol. The van der Waals surface area contributed by atoms with Crippen LogP contribution in [0.25, 0.3) is 0 Å². The third-order valence-corrected chi connectivity index (χ3v) is 7.07. The second kappa shape index (κ2) is 8.27. The molecule has 2 aromatic rings. The van der Waals surface area contributed by atoms with Crippen LogP contribution in [0.1, 0.15) is 45.2 Å². The van der Waals surface area contributed by atoms with Crippen LogP contribution in [0.15, 0.2) is 66.4 Å². The molecule has 0 bridgehead atoms. The first-order valence-electron chi connectivity index (χ1n) is 11.4. The number of nitro groups is 1. The fraction of sp³-hybridized carbons (Fsp3) is 0.370.